The predicted octanol–water partition coefficient (Wildman–Crippen LogP) is 5.71. The Bertz CT molecular complexity index is 1500. The molecular weight excluding hydrogens is 495 g/mol. The third kappa shape index (κ3) is 4.95. The van der Waals surface area contributed by atoms with Gasteiger partial charge in [0.25, 0.3) is 0 Å². The Morgan fingerprint density at radius 1 is 0.947 bits per heavy atom. The number of nitrogens with two attached hydrogens (primary N) is 1. The number of nitrogens with zero attached hydrogens (tertiary/aromatic N) is 2. The summed E-state index contributed by atoms with van der Waals surface area (Å²) in [5, 5.41) is 7.12. The smallest absolute Gasteiger partial charge is 0.490 e. The fraction of sp³-hybridized carbons (Fsp3) is 0.138. The number of fused-ring (bicyclic) bond motifs is 1. The van der Waals surface area contributed by atoms with Crippen LogP contribution in [0.2, 0.25) is 0 Å². The monoisotopic (exact) mass is 519 g/mol. The van der Waals surface area contributed by atoms with E-state index in [-0.39, 0.29) is 0 Å². The molecule has 0 amide bonds. The van der Waals surface area contributed by atoms with Gasteiger partial charge in [0.1, 0.15) is 17.1 Å². The molecule has 0 spiro atoms. The summed E-state index contributed by atoms with van der Waals surface area (Å²) in [6, 6.07) is 26.9. The van der Waals surface area contributed by atoms with Gasteiger partial charge in [-0.2, -0.15) is 13.2 Å². The molecule has 0 radical (unpaired) electrons. The lowest BCUT2D eigenvalue weighted by molar-refractivity contribution is -0.192. The Morgan fingerprint density at radius 2 is 1.63 bits per heavy atom. The van der Waals surface area contributed by atoms with Crippen LogP contribution in [-0.2, 0) is 10.3 Å². The van der Waals surface area contributed by atoms with Gasteiger partial charge in [-0.1, -0.05) is 54.6 Å². The van der Waals surface area contributed by atoms with Gasteiger partial charge >= 0.3 is 12.1 Å². The topological polar surface area (TPSA) is 97.8 Å². The van der Waals surface area contributed by atoms with Crippen molar-refractivity contribution in [1.29, 1.82) is 0 Å². The summed E-state index contributed by atoms with van der Waals surface area (Å²) in [7, 11) is 1.69. The van der Waals surface area contributed by atoms with Crippen molar-refractivity contribution < 1.29 is 27.8 Å². The molecule has 0 saturated heterocycles. The molecule has 1 aromatic heterocycles. The number of aliphatic carboxylic acids is 1. The summed E-state index contributed by atoms with van der Waals surface area (Å²) in [6.45, 7) is 2.05. The third-order valence-corrected chi connectivity index (χ3v) is 6.21. The van der Waals surface area contributed by atoms with Gasteiger partial charge in [-0.25, -0.2) is 9.79 Å². The summed E-state index contributed by atoms with van der Waals surface area (Å²) >= 11 is 0. The third-order valence-electron chi connectivity index (χ3n) is 6.21. The van der Waals surface area contributed by atoms with E-state index in [1.807, 2.05) is 36.5 Å². The zero-order chi connectivity index (χ0) is 27.5. The number of carboxylic acid groups (broad SMARTS) is 1. The van der Waals surface area contributed by atoms with Gasteiger partial charge in [-0.05, 0) is 64.6 Å². The summed E-state index contributed by atoms with van der Waals surface area (Å²) in [6.07, 6.45) is -1.42. The molecule has 38 heavy (non-hydrogen) atoms. The van der Waals surface area contributed by atoms with Crippen LogP contribution in [0.1, 0.15) is 27.8 Å². The molecule has 0 saturated carbocycles. The highest BCUT2D eigenvalue weighted by atomic mass is 19.4. The van der Waals surface area contributed by atoms with E-state index in [1.54, 1.807) is 13.3 Å². The van der Waals surface area contributed by atoms with Gasteiger partial charge in [-0.3, -0.25) is 4.98 Å². The lowest BCUT2D eigenvalue weighted by Gasteiger charge is -2.30. The Kier molecular flexibility index (Phi) is 7.21. The van der Waals surface area contributed by atoms with Crippen LogP contribution in [0.5, 0.6) is 5.75 Å². The average molecular weight is 520 g/mol. The first-order chi connectivity index (χ1) is 18.1. The number of carboxylic acids is 1. The number of aryl methyl sites for hydroxylation is 1. The van der Waals surface area contributed by atoms with Crippen molar-refractivity contribution in [1.82, 2.24) is 4.98 Å². The van der Waals surface area contributed by atoms with E-state index < -0.39 is 17.7 Å². The molecule has 1 atom stereocenters. The fourth-order valence-corrected chi connectivity index (χ4v) is 4.49. The van der Waals surface area contributed by atoms with Crippen molar-refractivity contribution in [2.75, 3.05) is 7.11 Å². The highest BCUT2D eigenvalue weighted by Crippen LogP contribution is 2.47. The minimum Gasteiger partial charge on any atom is -0.496 e. The lowest BCUT2D eigenvalue weighted by atomic mass is 9.76. The van der Waals surface area contributed by atoms with Gasteiger partial charge in [0.2, 0.25) is 0 Å². The molecule has 4 aromatic rings. The van der Waals surface area contributed by atoms with E-state index in [1.165, 1.54) is 0 Å². The first-order valence-corrected chi connectivity index (χ1v) is 11.5. The Morgan fingerprint density at radius 3 is 2.26 bits per heavy atom. The number of carbonyl (C=O) groups is 1. The number of halogens is 3. The highest BCUT2D eigenvalue weighted by molar-refractivity contribution is 6.03. The number of methoxy groups -OCH3 is 1. The van der Waals surface area contributed by atoms with E-state index in [0.717, 1.165) is 44.7 Å². The first-order valence-electron chi connectivity index (χ1n) is 11.5. The van der Waals surface area contributed by atoms with Crippen molar-refractivity contribution in [3.05, 3.63) is 119 Å². The van der Waals surface area contributed by atoms with Crippen LogP contribution in [0.25, 0.3) is 11.1 Å². The van der Waals surface area contributed by atoms with Crippen LogP contribution in [-0.4, -0.2) is 35.2 Å². The number of alkyl halides is 3. The minimum atomic E-state index is -5.08. The summed E-state index contributed by atoms with van der Waals surface area (Å²) in [5.74, 6) is -1.35. The van der Waals surface area contributed by atoms with Crippen molar-refractivity contribution in [3.8, 4) is 16.9 Å². The standard InChI is InChI=1S/C27H23N3O.C2HF3O2/c1-18-15-22(12-13-25(18)31-2)27(24-11-4-3-10-23(24)26(28)30-27)21-9-5-7-19(16-21)20-8-6-14-29-17-20;3-2(4,5)1(6)7/h3-17H,1-2H3,(H2,28,30);(H,6,7). The summed E-state index contributed by atoms with van der Waals surface area (Å²) < 4.78 is 37.2. The number of rotatable bonds is 4. The number of hydrogen-bond acceptors (Lipinski definition) is 5. The largest absolute Gasteiger partial charge is 0.496 e. The second kappa shape index (κ2) is 10.4. The second-order valence-corrected chi connectivity index (χ2v) is 8.56. The molecule has 5 rings (SSSR count). The Labute approximate surface area is 217 Å². The Hall–Kier alpha value is -4.66. The van der Waals surface area contributed by atoms with Gasteiger partial charge < -0.3 is 15.6 Å². The molecule has 6 nitrogen and oxygen atoms in total. The minimum absolute atomic E-state index is 0.552. The fourth-order valence-electron chi connectivity index (χ4n) is 4.49. The predicted molar refractivity (Wildman–Crippen MR) is 138 cm³/mol. The van der Waals surface area contributed by atoms with Crippen molar-refractivity contribution >= 4 is 11.8 Å². The maximum Gasteiger partial charge on any atom is 0.490 e. The number of aliphatic imine (C=N–C) groups is 1. The lowest BCUT2D eigenvalue weighted by Crippen LogP contribution is -2.25. The molecule has 194 valence electrons. The molecule has 9 heteroatoms. The molecule has 0 aliphatic carbocycles. The number of pyridine rings is 1. The molecule has 0 fully saturated rings. The molecular formula is C29H24F3N3O3. The number of hydrogen-bond donors (Lipinski definition) is 2. The number of aromatic nitrogens is 1. The second-order valence-electron chi connectivity index (χ2n) is 8.56. The quantitative estimate of drug-likeness (QED) is 0.360. The molecule has 3 N–H and O–H groups in total. The van der Waals surface area contributed by atoms with Crippen LogP contribution in [0, 0.1) is 6.92 Å². The van der Waals surface area contributed by atoms with Crippen LogP contribution in [0.15, 0.2) is 96.2 Å². The molecule has 1 aliphatic heterocycles. The molecule has 0 bridgehead atoms. The number of amidine groups is 1. The van der Waals surface area contributed by atoms with Crippen molar-refractivity contribution in [2.45, 2.75) is 18.6 Å². The SMILES string of the molecule is COc1ccc(C2(c3cccc(-c4cccnc4)c3)N=C(N)c3ccccc32)cc1C.O=C(O)C(F)(F)F. The maximum absolute atomic E-state index is 10.6. The zero-order valence-corrected chi connectivity index (χ0v) is 20.5. The summed E-state index contributed by atoms with van der Waals surface area (Å²) in [4.78, 5) is 18.3. The molecule has 1 unspecified atom stereocenters. The van der Waals surface area contributed by atoms with Gasteiger partial charge in [-0.15, -0.1) is 0 Å². The summed E-state index contributed by atoms with van der Waals surface area (Å²) in [5.41, 5.74) is 13.1. The first kappa shape index (κ1) is 26.4. The maximum atomic E-state index is 10.6. The van der Waals surface area contributed by atoms with E-state index in [0.29, 0.717) is 5.84 Å². The number of benzene rings is 3. The van der Waals surface area contributed by atoms with Gasteiger partial charge in [0.15, 0.2) is 0 Å². The van der Waals surface area contributed by atoms with Crippen molar-refractivity contribution in [2.24, 2.45) is 10.7 Å². The van der Waals surface area contributed by atoms with E-state index >= 15 is 0 Å². The molecule has 2 heterocycles. The molecule has 3 aromatic carbocycles. The Balaban J connectivity index is 0.000000426. The molecule has 1 aliphatic rings. The van der Waals surface area contributed by atoms with E-state index in [4.69, 9.17) is 25.4 Å². The van der Waals surface area contributed by atoms with E-state index in [9.17, 15) is 13.2 Å². The zero-order valence-electron chi connectivity index (χ0n) is 20.5. The van der Waals surface area contributed by atoms with E-state index in [2.05, 4.69) is 60.4 Å². The van der Waals surface area contributed by atoms with Crippen LogP contribution in [0.3, 0.4) is 0 Å². The normalized spacial score (nSPS) is 16.1. The van der Waals surface area contributed by atoms with Crippen LogP contribution in [0.4, 0.5) is 13.2 Å². The van der Waals surface area contributed by atoms with Gasteiger partial charge in [0, 0.05) is 18.0 Å². The van der Waals surface area contributed by atoms with Crippen LogP contribution < -0.4 is 10.5 Å². The average Bonchev–Trinajstić information content (AvgIpc) is 3.22. The van der Waals surface area contributed by atoms with Crippen molar-refractivity contribution in [3.63, 3.8) is 0 Å². The number of ether oxygens (including phenoxy) is 1. The highest BCUT2D eigenvalue weighted by Gasteiger charge is 2.43. The van der Waals surface area contributed by atoms with Gasteiger partial charge in [0.05, 0.1) is 7.11 Å². The van der Waals surface area contributed by atoms with Crippen LogP contribution >= 0.6 is 0 Å².